The number of rotatable bonds is 22. The van der Waals surface area contributed by atoms with Crippen molar-refractivity contribution < 1.29 is 9.53 Å². The molecule has 0 saturated carbocycles. The van der Waals surface area contributed by atoms with E-state index in [4.69, 9.17) is 10.1 Å². The molecule has 0 aromatic carbocycles. The smallest absolute Gasteiger partial charge is 0.305 e. The molecule has 0 radical (unpaired) electrons. The van der Waals surface area contributed by atoms with E-state index in [1.165, 1.54) is 103 Å². The normalized spacial score (nSPS) is 10.9. The zero-order valence-electron chi connectivity index (χ0n) is 18.2. The minimum Gasteiger partial charge on any atom is -0.466 e. The zero-order valence-corrected chi connectivity index (χ0v) is 18.2. The van der Waals surface area contributed by atoms with Gasteiger partial charge in [-0.3, -0.25) is 4.79 Å². The second-order valence-electron chi connectivity index (χ2n) is 7.97. The summed E-state index contributed by atoms with van der Waals surface area (Å²) < 4.78 is 5.25. The van der Waals surface area contributed by atoms with Gasteiger partial charge in [-0.15, -0.1) is 0 Å². The zero-order chi connectivity index (χ0) is 19.8. The summed E-state index contributed by atoms with van der Waals surface area (Å²) in [5.74, 6) is -0.0686. The van der Waals surface area contributed by atoms with Crippen LogP contribution in [0.1, 0.15) is 135 Å². The molecule has 0 amide bonds. The van der Waals surface area contributed by atoms with E-state index >= 15 is 0 Å². The molecule has 0 unspecified atom stereocenters. The van der Waals surface area contributed by atoms with Crippen molar-refractivity contribution in [3.63, 3.8) is 0 Å². The van der Waals surface area contributed by atoms with Gasteiger partial charge >= 0.3 is 5.97 Å². The molecule has 0 rings (SSSR count). The Labute approximate surface area is 169 Å². The van der Waals surface area contributed by atoms with Gasteiger partial charge in [0.2, 0.25) is 0 Å². The van der Waals surface area contributed by atoms with Gasteiger partial charge in [0.25, 0.3) is 0 Å². The van der Waals surface area contributed by atoms with E-state index in [9.17, 15) is 4.79 Å². The summed E-state index contributed by atoms with van der Waals surface area (Å²) in [6, 6.07) is 0. The highest BCUT2D eigenvalue weighted by Gasteiger charge is 2.02. The Bertz CT molecular complexity index is 318. The summed E-state index contributed by atoms with van der Waals surface area (Å²) in [6.07, 6.45) is 26.2. The topological polar surface area (TPSA) is 50.2 Å². The Balaban J connectivity index is 3.08. The van der Waals surface area contributed by atoms with E-state index in [1.54, 1.807) is 0 Å². The highest BCUT2D eigenvalue weighted by molar-refractivity contribution is 5.69. The van der Waals surface area contributed by atoms with Crippen molar-refractivity contribution in [2.75, 3.05) is 6.61 Å². The molecular formula is C24H47NO2. The van der Waals surface area contributed by atoms with Gasteiger partial charge in [0.1, 0.15) is 0 Å². The molecule has 160 valence electrons. The van der Waals surface area contributed by atoms with Crippen LogP contribution < -0.4 is 0 Å². The molecule has 0 heterocycles. The summed E-state index contributed by atoms with van der Waals surface area (Å²) in [7, 11) is 0. The number of unbranched alkanes of at least 4 members (excludes halogenated alkanes) is 17. The molecule has 0 atom stereocenters. The van der Waals surface area contributed by atoms with Crippen LogP contribution in [0.2, 0.25) is 0 Å². The first-order chi connectivity index (χ1) is 13.3. The Morgan fingerprint density at radius 3 is 1.56 bits per heavy atom. The van der Waals surface area contributed by atoms with Crippen LogP contribution in [-0.2, 0) is 9.53 Å². The van der Waals surface area contributed by atoms with E-state index in [-0.39, 0.29) is 5.97 Å². The van der Waals surface area contributed by atoms with Gasteiger partial charge in [-0.2, -0.15) is 0 Å². The number of ether oxygens (including phenoxy) is 1. The van der Waals surface area contributed by atoms with E-state index < -0.39 is 0 Å². The molecule has 1 N–H and O–H groups in total. The van der Waals surface area contributed by atoms with Gasteiger partial charge in [0.05, 0.1) is 6.61 Å². The number of carbonyl (C=O) groups excluding carboxylic acids is 1. The first kappa shape index (κ1) is 26.1. The third kappa shape index (κ3) is 23.1. The third-order valence-electron chi connectivity index (χ3n) is 5.24. The summed E-state index contributed by atoms with van der Waals surface area (Å²) in [5, 5.41) is 6.93. The average Bonchev–Trinajstić information content (AvgIpc) is 2.67. The van der Waals surface area contributed by atoms with Crippen molar-refractivity contribution in [1.82, 2.24) is 0 Å². The average molecular weight is 382 g/mol. The van der Waals surface area contributed by atoms with E-state index in [1.807, 2.05) is 0 Å². The van der Waals surface area contributed by atoms with E-state index in [0.29, 0.717) is 13.0 Å². The molecule has 0 bridgehead atoms. The fourth-order valence-corrected chi connectivity index (χ4v) is 3.42. The molecule has 3 heteroatoms. The van der Waals surface area contributed by atoms with Crippen molar-refractivity contribution in [2.24, 2.45) is 0 Å². The van der Waals surface area contributed by atoms with Crippen LogP contribution in [0.4, 0.5) is 0 Å². The van der Waals surface area contributed by atoms with Crippen molar-refractivity contribution >= 4 is 12.2 Å². The first-order valence-corrected chi connectivity index (χ1v) is 12.0. The van der Waals surface area contributed by atoms with Crippen LogP contribution in [0.25, 0.3) is 0 Å². The minimum absolute atomic E-state index is 0.0686. The van der Waals surface area contributed by atoms with Crippen molar-refractivity contribution in [1.29, 1.82) is 5.41 Å². The lowest BCUT2D eigenvalue weighted by Crippen LogP contribution is -2.05. The predicted octanol–water partition coefficient (Wildman–Crippen LogP) is 8.00. The molecule has 0 aromatic rings. The largest absolute Gasteiger partial charge is 0.466 e. The first-order valence-electron chi connectivity index (χ1n) is 12.0. The maximum Gasteiger partial charge on any atom is 0.305 e. The minimum atomic E-state index is -0.0686. The summed E-state index contributed by atoms with van der Waals surface area (Å²) in [4.78, 5) is 11.5. The van der Waals surface area contributed by atoms with E-state index in [2.05, 4.69) is 6.92 Å². The fourth-order valence-electron chi connectivity index (χ4n) is 3.42. The van der Waals surface area contributed by atoms with E-state index in [0.717, 1.165) is 25.7 Å². The van der Waals surface area contributed by atoms with Gasteiger partial charge in [-0.25, -0.2) is 0 Å². The summed E-state index contributed by atoms with van der Waals surface area (Å²) >= 11 is 0. The Kier molecular flexibility index (Phi) is 22.4. The van der Waals surface area contributed by atoms with Gasteiger partial charge < -0.3 is 10.1 Å². The fraction of sp³-hybridized carbons (Fsp3) is 0.917. The predicted molar refractivity (Wildman–Crippen MR) is 118 cm³/mol. The molecular weight excluding hydrogens is 334 g/mol. The SMILES string of the molecule is CCCCCCCCCCCCCCCCCCOC(=O)CCCCC=N. The van der Waals surface area contributed by atoms with Crippen molar-refractivity contribution in [3.05, 3.63) is 0 Å². The lowest BCUT2D eigenvalue weighted by molar-refractivity contribution is -0.143. The van der Waals surface area contributed by atoms with Crippen LogP contribution in [0, 0.1) is 5.41 Å². The lowest BCUT2D eigenvalue weighted by atomic mass is 10.0. The van der Waals surface area contributed by atoms with Crippen LogP contribution in [0.3, 0.4) is 0 Å². The van der Waals surface area contributed by atoms with Gasteiger partial charge in [0.15, 0.2) is 0 Å². The van der Waals surface area contributed by atoms with Crippen molar-refractivity contribution in [2.45, 2.75) is 135 Å². The second kappa shape index (κ2) is 23.2. The Morgan fingerprint density at radius 2 is 1.11 bits per heavy atom. The maximum absolute atomic E-state index is 11.5. The number of esters is 1. The van der Waals surface area contributed by atoms with Gasteiger partial charge in [-0.05, 0) is 31.9 Å². The molecule has 0 aliphatic rings. The van der Waals surface area contributed by atoms with Crippen LogP contribution in [0.15, 0.2) is 0 Å². The highest BCUT2D eigenvalue weighted by atomic mass is 16.5. The Morgan fingerprint density at radius 1 is 0.667 bits per heavy atom. The van der Waals surface area contributed by atoms with Crippen molar-refractivity contribution in [3.8, 4) is 0 Å². The molecule has 0 fully saturated rings. The maximum atomic E-state index is 11.5. The standard InChI is InChI=1S/C24H47NO2/c1-2-3-4-5-6-7-8-9-10-11-12-13-14-15-16-20-23-27-24(26)21-18-17-19-22-25/h22,25H,2-21,23H2,1H3. The molecule has 0 aliphatic heterocycles. The quantitative estimate of drug-likeness (QED) is 0.117. The molecule has 0 spiro atoms. The van der Waals surface area contributed by atoms with Gasteiger partial charge in [-0.1, -0.05) is 103 Å². The Hall–Kier alpha value is -0.860. The molecule has 0 saturated heterocycles. The van der Waals surface area contributed by atoms with Crippen LogP contribution >= 0.6 is 0 Å². The lowest BCUT2D eigenvalue weighted by Gasteiger charge is -2.05. The van der Waals surface area contributed by atoms with Gasteiger partial charge in [0, 0.05) is 6.42 Å². The van der Waals surface area contributed by atoms with Crippen LogP contribution in [-0.4, -0.2) is 18.8 Å². The highest BCUT2D eigenvalue weighted by Crippen LogP contribution is 2.13. The molecule has 0 aliphatic carbocycles. The molecule has 0 aromatic heterocycles. The number of nitrogens with one attached hydrogen (secondary N) is 1. The summed E-state index contributed by atoms with van der Waals surface area (Å²) in [5.41, 5.74) is 0. The molecule has 3 nitrogen and oxygen atoms in total. The third-order valence-corrected chi connectivity index (χ3v) is 5.24. The number of carbonyl (C=O) groups is 1. The second-order valence-corrected chi connectivity index (χ2v) is 7.97. The van der Waals surface area contributed by atoms with Crippen LogP contribution in [0.5, 0.6) is 0 Å². The summed E-state index contributed by atoms with van der Waals surface area (Å²) in [6.45, 7) is 2.87. The monoisotopic (exact) mass is 381 g/mol. The number of hydrogen-bond acceptors (Lipinski definition) is 3. The molecule has 27 heavy (non-hydrogen) atoms. The number of hydrogen-bond donors (Lipinski definition) is 1.